The van der Waals surface area contributed by atoms with Crippen LogP contribution in [0.2, 0.25) is 0 Å². The van der Waals surface area contributed by atoms with Crippen LogP contribution in [-0.2, 0) is 17.8 Å². The third-order valence-corrected chi connectivity index (χ3v) is 2.94. The molecule has 0 saturated heterocycles. The maximum absolute atomic E-state index is 11.9. The lowest BCUT2D eigenvalue weighted by atomic mass is 10.1. The Morgan fingerprint density at radius 1 is 1.20 bits per heavy atom. The van der Waals surface area contributed by atoms with Crippen molar-refractivity contribution < 1.29 is 14.6 Å². The van der Waals surface area contributed by atoms with E-state index in [1.54, 1.807) is 25.3 Å². The number of aromatic hydroxyl groups is 1. The number of para-hydroxylation sites is 1. The van der Waals surface area contributed by atoms with Crippen molar-refractivity contribution in [1.82, 2.24) is 5.32 Å². The summed E-state index contributed by atoms with van der Waals surface area (Å²) < 4.78 is 5.23. The minimum absolute atomic E-state index is 0.0958. The molecule has 4 nitrogen and oxygen atoms in total. The predicted molar refractivity (Wildman–Crippen MR) is 76.7 cm³/mol. The average molecular weight is 271 g/mol. The molecular weight excluding hydrogens is 254 g/mol. The van der Waals surface area contributed by atoms with Crippen LogP contribution in [-0.4, -0.2) is 18.1 Å². The molecule has 104 valence electrons. The molecule has 20 heavy (non-hydrogen) atoms. The highest BCUT2D eigenvalue weighted by Crippen LogP contribution is 2.17. The standard InChI is InChI=1S/C16H17NO3/c1-20-15-8-3-2-6-13(15)11-17-16(19)10-12-5-4-7-14(18)9-12/h2-9,18H,10-11H2,1H3,(H,17,19). The molecule has 0 bridgehead atoms. The lowest BCUT2D eigenvalue weighted by molar-refractivity contribution is -0.120. The summed E-state index contributed by atoms with van der Waals surface area (Å²) in [4.78, 5) is 11.9. The van der Waals surface area contributed by atoms with Gasteiger partial charge in [-0.2, -0.15) is 0 Å². The average Bonchev–Trinajstić information content (AvgIpc) is 2.45. The molecule has 4 heteroatoms. The number of phenolic OH excluding ortho intramolecular Hbond substituents is 1. The Morgan fingerprint density at radius 2 is 2.00 bits per heavy atom. The maximum Gasteiger partial charge on any atom is 0.224 e. The zero-order valence-corrected chi connectivity index (χ0v) is 11.3. The Morgan fingerprint density at radius 3 is 2.75 bits per heavy atom. The molecule has 0 heterocycles. The number of nitrogens with one attached hydrogen (secondary N) is 1. The number of methoxy groups -OCH3 is 1. The molecule has 0 aliphatic rings. The summed E-state index contributed by atoms with van der Waals surface area (Å²) in [6, 6.07) is 14.2. The first kappa shape index (κ1) is 13.9. The van der Waals surface area contributed by atoms with Gasteiger partial charge in [-0.05, 0) is 23.8 Å². The van der Waals surface area contributed by atoms with Crippen LogP contribution in [0, 0.1) is 0 Å². The molecule has 0 unspecified atom stereocenters. The van der Waals surface area contributed by atoms with E-state index in [4.69, 9.17) is 4.74 Å². The lowest BCUT2D eigenvalue weighted by Crippen LogP contribution is -2.24. The normalized spacial score (nSPS) is 10.1. The topological polar surface area (TPSA) is 58.6 Å². The van der Waals surface area contributed by atoms with E-state index in [0.717, 1.165) is 16.9 Å². The summed E-state index contributed by atoms with van der Waals surface area (Å²) in [7, 11) is 1.60. The summed E-state index contributed by atoms with van der Waals surface area (Å²) in [5, 5.41) is 12.2. The minimum atomic E-state index is -0.0958. The first-order chi connectivity index (χ1) is 9.69. The van der Waals surface area contributed by atoms with Crippen LogP contribution in [0.15, 0.2) is 48.5 Å². The lowest BCUT2D eigenvalue weighted by Gasteiger charge is -2.09. The summed E-state index contributed by atoms with van der Waals surface area (Å²) in [6.07, 6.45) is 0.240. The highest BCUT2D eigenvalue weighted by atomic mass is 16.5. The third kappa shape index (κ3) is 3.75. The van der Waals surface area contributed by atoms with Gasteiger partial charge in [0.2, 0.25) is 5.91 Å². The van der Waals surface area contributed by atoms with E-state index >= 15 is 0 Å². The number of carbonyl (C=O) groups excluding carboxylic acids is 1. The minimum Gasteiger partial charge on any atom is -0.508 e. The van der Waals surface area contributed by atoms with Crippen LogP contribution >= 0.6 is 0 Å². The van der Waals surface area contributed by atoms with Crippen molar-refractivity contribution in [2.45, 2.75) is 13.0 Å². The van der Waals surface area contributed by atoms with Gasteiger partial charge >= 0.3 is 0 Å². The highest BCUT2D eigenvalue weighted by Gasteiger charge is 2.06. The molecule has 2 aromatic carbocycles. The number of benzene rings is 2. The Balaban J connectivity index is 1.92. The van der Waals surface area contributed by atoms with Crippen molar-refractivity contribution in [2.24, 2.45) is 0 Å². The molecule has 0 aliphatic heterocycles. The van der Waals surface area contributed by atoms with Gasteiger partial charge in [-0.15, -0.1) is 0 Å². The molecule has 2 aromatic rings. The van der Waals surface area contributed by atoms with Gasteiger partial charge in [0.1, 0.15) is 11.5 Å². The van der Waals surface area contributed by atoms with Gasteiger partial charge in [0, 0.05) is 12.1 Å². The second-order valence-corrected chi connectivity index (χ2v) is 4.44. The van der Waals surface area contributed by atoms with Gasteiger partial charge in [-0.1, -0.05) is 30.3 Å². The number of phenols is 1. The van der Waals surface area contributed by atoms with Crippen molar-refractivity contribution in [3.63, 3.8) is 0 Å². The van der Waals surface area contributed by atoms with E-state index in [2.05, 4.69) is 5.32 Å². The molecule has 2 N–H and O–H groups in total. The van der Waals surface area contributed by atoms with E-state index in [0.29, 0.717) is 6.54 Å². The Kier molecular flexibility index (Phi) is 4.60. The Bertz CT molecular complexity index is 596. The number of rotatable bonds is 5. The van der Waals surface area contributed by atoms with Crippen molar-refractivity contribution >= 4 is 5.91 Å². The molecular formula is C16H17NO3. The van der Waals surface area contributed by atoms with E-state index in [1.165, 1.54) is 0 Å². The van der Waals surface area contributed by atoms with Crippen molar-refractivity contribution in [3.05, 3.63) is 59.7 Å². The Labute approximate surface area is 118 Å². The second-order valence-electron chi connectivity index (χ2n) is 4.44. The molecule has 1 amide bonds. The van der Waals surface area contributed by atoms with Crippen LogP contribution in [0.1, 0.15) is 11.1 Å². The molecule has 0 aliphatic carbocycles. The summed E-state index contributed by atoms with van der Waals surface area (Å²) in [6.45, 7) is 0.418. The van der Waals surface area contributed by atoms with Gasteiger partial charge in [0.25, 0.3) is 0 Å². The van der Waals surface area contributed by atoms with Crippen LogP contribution in [0.3, 0.4) is 0 Å². The van der Waals surface area contributed by atoms with Gasteiger partial charge in [0.05, 0.1) is 13.5 Å². The maximum atomic E-state index is 11.9. The molecule has 0 radical (unpaired) electrons. The smallest absolute Gasteiger partial charge is 0.224 e. The number of amides is 1. The van der Waals surface area contributed by atoms with Crippen LogP contribution in [0.25, 0.3) is 0 Å². The predicted octanol–water partition coefficient (Wildman–Crippen LogP) is 2.26. The molecule has 0 spiro atoms. The number of ether oxygens (including phenoxy) is 1. The van der Waals surface area contributed by atoms with Crippen LogP contribution in [0.4, 0.5) is 0 Å². The van der Waals surface area contributed by atoms with Gasteiger partial charge in [0.15, 0.2) is 0 Å². The third-order valence-electron chi connectivity index (χ3n) is 2.94. The van der Waals surface area contributed by atoms with Crippen molar-refractivity contribution in [3.8, 4) is 11.5 Å². The monoisotopic (exact) mass is 271 g/mol. The molecule has 0 atom stereocenters. The first-order valence-electron chi connectivity index (χ1n) is 6.35. The van der Waals surface area contributed by atoms with E-state index < -0.39 is 0 Å². The molecule has 2 rings (SSSR count). The second kappa shape index (κ2) is 6.61. The number of hydrogen-bond acceptors (Lipinski definition) is 3. The number of carbonyl (C=O) groups is 1. The SMILES string of the molecule is COc1ccccc1CNC(=O)Cc1cccc(O)c1. The largest absolute Gasteiger partial charge is 0.508 e. The Hall–Kier alpha value is -2.49. The summed E-state index contributed by atoms with van der Waals surface area (Å²) in [5.41, 5.74) is 1.71. The quantitative estimate of drug-likeness (QED) is 0.877. The number of hydrogen-bond donors (Lipinski definition) is 2. The fourth-order valence-corrected chi connectivity index (χ4v) is 1.96. The van der Waals surface area contributed by atoms with E-state index in [1.807, 2.05) is 30.3 Å². The van der Waals surface area contributed by atoms with Gasteiger partial charge in [-0.3, -0.25) is 4.79 Å². The van der Waals surface area contributed by atoms with E-state index in [-0.39, 0.29) is 18.1 Å². The van der Waals surface area contributed by atoms with E-state index in [9.17, 15) is 9.90 Å². The molecule has 0 saturated carbocycles. The zero-order valence-electron chi connectivity index (χ0n) is 11.3. The van der Waals surface area contributed by atoms with Crippen LogP contribution in [0.5, 0.6) is 11.5 Å². The highest BCUT2D eigenvalue weighted by molar-refractivity contribution is 5.78. The fraction of sp³-hybridized carbons (Fsp3) is 0.188. The fourth-order valence-electron chi connectivity index (χ4n) is 1.96. The summed E-state index contributed by atoms with van der Waals surface area (Å²) in [5.74, 6) is 0.826. The van der Waals surface area contributed by atoms with Crippen molar-refractivity contribution in [1.29, 1.82) is 0 Å². The van der Waals surface area contributed by atoms with Crippen molar-refractivity contribution in [2.75, 3.05) is 7.11 Å². The molecule has 0 aromatic heterocycles. The van der Waals surface area contributed by atoms with Gasteiger partial charge < -0.3 is 15.2 Å². The zero-order chi connectivity index (χ0) is 14.4. The first-order valence-corrected chi connectivity index (χ1v) is 6.35. The van der Waals surface area contributed by atoms with Crippen LogP contribution < -0.4 is 10.1 Å². The molecule has 0 fully saturated rings. The summed E-state index contributed by atoms with van der Waals surface area (Å²) >= 11 is 0. The van der Waals surface area contributed by atoms with Gasteiger partial charge in [-0.25, -0.2) is 0 Å².